The van der Waals surface area contributed by atoms with Gasteiger partial charge in [-0.1, -0.05) is 6.07 Å². The first kappa shape index (κ1) is 15.6. The molecule has 0 aromatic heterocycles. The van der Waals surface area contributed by atoms with Gasteiger partial charge in [0.1, 0.15) is 6.10 Å². The molecular weight excluding hydrogens is 314 g/mol. The normalized spacial score (nSPS) is 40.0. The number of piperidine rings is 1. The molecule has 1 N–H and O–H groups in total. The third-order valence-corrected chi connectivity index (χ3v) is 6.77. The van der Waals surface area contributed by atoms with Gasteiger partial charge < -0.3 is 19.5 Å². The van der Waals surface area contributed by atoms with E-state index in [4.69, 9.17) is 9.47 Å². The van der Waals surface area contributed by atoms with E-state index in [9.17, 15) is 5.11 Å². The number of likely N-dealkylation sites (tertiary alicyclic amines) is 1. The van der Waals surface area contributed by atoms with Gasteiger partial charge >= 0.3 is 0 Å². The summed E-state index contributed by atoms with van der Waals surface area (Å²) in [5, 5.41) is 10.6. The van der Waals surface area contributed by atoms with Crippen molar-refractivity contribution >= 4 is 12.4 Å². The van der Waals surface area contributed by atoms with E-state index in [0.717, 1.165) is 43.7 Å². The quantitative estimate of drug-likeness (QED) is 0.852. The standard InChI is InChI=1S/C18H23NO3.ClH/c1-19-8-7-18-11-4-5-13(20)17(18)22-16-14(21-2)6-3-10(15(16)18)9-12(11)19;/h3,6,11-13,17,20H,4-5,7-9H2,1-2H3;1H/t11-,12-,13+,17+,18+;/m1./s1. The molecule has 2 aliphatic heterocycles. The maximum atomic E-state index is 10.6. The van der Waals surface area contributed by atoms with Crippen LogP contribution >= 0.6 is 12.4 Å². The van der Waals surface area contributed by atoms with Gasteiger partial charge in [-0.3, -0.25) is 0 Å². The minimum Gasteiger partial charge on any atom is -0.493 e. The van der Waals surface area contributed by atoms with Gasteiger partial charge in [-0.15, -0.1) is 12.4 Å². The molecule has 126 valence electrons. The number of aliphatic hydroxyl groups is 1. The zero-order valence-electron chi connectivity index (χ0n) is 13.6. The first-order valence-corrected chi connectivity index (χ1v) is 8.42. The summed E-state index contributed by atoms with van der Waals surface area (Å²) in [6, 6.07) is 4.83. The van der Waals surface area contributed by atoms with Crippen LogP contribution in [0.15, 0.2) is 12.1 Å². The van der Waals surface area contributed by atoms with E-state index in [1.165, 1.54) is 11.1 Å². The van der Waals surface area contributed by atoms with Gasteiger partial charge in [0.05, 0.1) is 13.2 Å². The Morgan fingerprint density at radius 3 is 2.96 bits per heavy atom. The second kappa shape index (κ2) is 5.01. The van der Waals surface area contributed by atoms with Crippen LogP contribution in [-0.2, 0) is 11.8 Å². The highest BCUT2D eigenvalue weighted by Crippen LogP contribution is 2.63. The molecule has 2 heterocycles. The van der Waals surface area contributed by atoms with E-state index in [0.29, 0.717) is 12.0 Å². The molecule has 1 spiro atoms. The zero-order valence-corrected chi connectivity index (χ0v) is 14.4. The number of benzene rings is 1. The average Bonchev–Trinajstić information content (AvgIpc) is 2.88. The Labute approximate surface area is 143 Å². The fraction of sp³-hybridized carbons (Fsp3) is 0.667. The van der Waals surface area contributed by atoms with Crippen LogP contribution in [0.25, 0.3) is 0 Å². The molecule has 0 amide bonds. The molecule has 0 unspecified atom stereocenters. The van der Waals surface area contributed by atoms with E-state index in [1.807, 2.05) is 6.07 Å². The Morgan fingerprint density at radius 2 is 2.17 bits per heavy atom. The second-order valence-corrected chi connectivity index (χ2v) is 7.46. The van der Waals surface area contributed by atoms with Crippen molar-refractivity contribution in [2.75, 3.05) is 20.7 Å². The van der Waals surface area contributed by atoms with Crippen LogP contribution < -0.4 is 9.47 Å². The van der Waals surface area contributed by atoms with Crippen LogP contribution in [0.4, 0.5) is 0 Å². The first-order chi connectivity index (χ1) is 10.7. The van der Waals surface area contributed by atoms with Crippen LogP contribution in [-0.4, -0.2) is 49.0 Å². The highest BCUT2D eigenvalue weighted by atomic mass is 35.5. The van der Waals surface area contributed by atoms with Crippen molar-refractivity contribution < 1.29 is 14.6 Å². The molecule has 5 heteroatoms. The number of likely N-dealkylation sites (N-methyl/N-ethyl adjacent to an activating group) is 1. The topological polar surface area (TPSA) is 41.9 Å². The van der Waals surface area contributed by atoms with Crippen LogP contribution in [0.3, 0.4) is 0 Å². The molecule has 23 heavy (non-hydrogen) atoms. The molecule has 1 aromatic carbocycles. The lowest BCUT2D eigenvalue weighted by molar-refractivity contribution is -0.0993. The zero-order chi connectivity index (χ0) is 15.1. The summed E-state index contributed by atoms with van der Waals surface area (Å²) in [5.74, 6) is 2.34. The lowest BCUT2D eigenvalue weighted by Crippen LogP contribution is -2.66. The summed E-state index contributed by atoms with van der Waals surface area (Å²) in [4.78, 5) is 2.52. The number of halogens is 1. The van der Waals surface area contributed by atoms with E-state index in [2.05, 4.69) is 18.0 Å². The summed E-state index contributed by atoms with van der Waals surface area (Å²) >= 11 is 0. The number of ether oxygens (including phenoxy) is 2. The third-order valence-electron chi connectivity index (χ3n) is 6.77. The van der Waals surface area contributed by atoms with E-state index in [1.54, 1.807) is 7.11 Å². The fourth-order valence-electron chi connectivity index (χ4n) is 5.86. The molecule has 1 saturated heterocycles. The lowest BCUT2D eigenvalue weighted by Gasteiger charge is -2.58. The smallest absolute Gasteiger partial charge is 0.165 e. The van der Waals surface area contributed by atoms with Crippen LogP contribution in [0.5, 0.6) is 11.5 Å². The maximum absolute atomic E-state index is 10.6. The highest BCUT2D eigenvalue weighted by molar-refractivity contribution is 5.85. The molecule has 2 aliphatic carbocycles. The molecule has 4 nitrogen and oxygen atoms in total. The van der Waals surface area contributed by atoms with Crippen molar-refractivity contribution in [1.29, 1.82) is 0 Å². The Kier molecular flexibility index (Phi) is 3.39. The predicted octanol–water partition coefficient (Wildman–Crippen LogP) is 2.15. The Balaban J connectivity index is 0.00000135. The van der Waals surface area contributed by atoms with Crippen molar-refractivity contribution in [3.63, 3.8) is 0 Å². The predicted molar refractivity (Wildman–Crippen MR) is 89.8 cm³/mol. The van der Waals surface area contributed by atoms with Gasteiger partial charge in [-0.2, -0.15) is 0 Å². The monoisotopic (exact) mass is 337 g/mol. The molecular formula is C18H24ClNO3. The average molecular weight is 338 g/mol. The second-order valence-electron chi connectivity index (χ2n) is 7.46. The van der Waals surface area contributed by atoms with Gasteiger partial charge in [0.15, 0.2) is 11.5 Å². The molecule has 1 saturated carbocycles. The van der Waals surface area contributed by atoms with Crippen LogP contribution in [0, 0.1) is 5.92 Å². The molecule has 2 fully saturated rings. The summed E-state index contributed by atoms with van der Waals surface area (Å²) in [6.07, 6.45) is 3.69. The number of nitrogens with zero attached hydrogens (tertiary/aromatic N) is 1. The largest absolute Gasteiger partial charge is 0.493 e. The van der Waals surface area contributed by atoms with Crippen molar-refractivity contribution in [1.82, 2.24) is 4.90 Å². The summed E-state index contributed by atoms with van der Waals surface area (Å²) in [5.41, 5.74) is 2.77. The molecule has 5 rings (SSSR count). The number of hydrogen-bond acceptors (Lipinski definition) is 4. The molecule has 0 radical (unpaired) electrons. The fourth-order valence-corrected chi connectivity index (χ4v) is 5.86. The minimum absolute atomic E-state index is 0. The van der Waals surface area contributed by atoms with E-state index in [-0.39, 0.29) is 30.0 Å². The summed E-state index contributed by atoms with van der Waals surface area (Å²) in [7, 11) is 3.96. The Morgan fingerprint density at radius 1 is 1.35 bits per heavy atom. The van der Waals surface area contributed by atoms with Crippen LogP contribution in [0.1, 0.15) is 30.4 Å². The van der Waals surface area contributed by atoms with Crippen molar-refractivity contribution in [3.05, 3.63) is 23.3 Å². The Hall–Kier alpha value is -0.970. The van der Waals surface area contributed by atoms with Gasteiger partial charge in [0.25, 0.3) is 0 Å². The molecule has 5 atom stereocenters. The SMILES string of the molecule is COc1ccc2c3c1O[C@H]1[C@@H](O)CC[C@@H]4[C@@H](C2)N(C)CC[C@@]341.Cl. The van der Waals surface area contributed by atoms with Gasteiger partial charge in [-0.05, 0) is 56.8 Å². The van der Waals surface area contributed by atoms with Crippen LogP contribution in [0.2, 0.25) is 0 Å². The third kappa shape index (κ3) is 1.70. The van der Waals surface area contributed by atoms with Crippen molar-refractivity contribution in [2.24, 2.45) is 5.92 Å². The molecule has 2 bridgehead atoms. The summed E-state index contributed by atoms with van der Waals surface area (Å²) < 4.78 is 11.9. The minimum atomic E-state index is -0.358. The lowest BCUT2D eigenvalue weighted by atomic mass is 9.51. The summed E-state index contributed by atoms with van der Waals surface area (Å²) in [6.45, 7) is 1.09. The number of hydrogen-bond donors (Lipinski definition) is 1. The first-order valence-electron chi connectivity index (χ1n) is 8.42. The Bertz CT molecular complexity index is 651. The molecule has 1 aromatic rings. The van der Waals surface area contributed by atoms with Gasteiger partial charge in [0, 0.05) is 17.0 Å². The van der Waals surface area contributed by atoms with Crippen molar-refractivity contribution in [2.45, 2.75) is 49.3 Å². The number of methoxy groups -OCH3 is 1. The number of aliphatic hydroxyl groups excluding tert-OH is 1. The highest BCUT2D eigenvalue weighted by Gasteiger charge is 2.65. The van der Waals surface area contributed by atoms with E-state index >= 15 is 0 Å². The van der Waals surface area contributed by atoms with Crippen molar-refractivity contribution in [3.8, 4) is 11.5 Å². The van der Waals surface area contributed by atoms with E-state index < -0.39 is 0 Å². The van der Waals surface area contributed by atoms with Gasteiger partial charge in [-0.25, -0.2) is 0 Å². The number of rotatable bonds is 1. The van der Waals surface area contributed by atoms with Gasteiger partial charge in [0.2, 0.25) is 0 Å². The molecule has 4 aliphatic rings. The maximum Gasteiger partial charge on any atom is 0.165 e.